The Kier molecular flexibility index (Phi) is 4.67. The lowest BCUT2D eigenvalue weighted by Gasteiger charge is -2.43. The summed E-state index contributed by atoms with van der Waals surface area (Å²) in [5, 5.41) is 6.88. The zero-order valence-electron chi connectivity index (χ0n) is 18.3. The molecular formula is C28H28N2O2. The van der Waals surface area contributed by atoms with E-state index in [1.165, 1.54) is 36.1 Å². The molecule has 3 aromatic carbocycles. The van der Waals surface area contributed by atoms with Crippen LogP contribution in [0, 0.1) is 17.8 Å². The lowest BCUT2D eigenvalue weighted by Crippen LogP contribution is -2.35. The first-order valence-corrected chi connectivity index (χ1v) is 11.6. The quantitative estimate of drug-likeness (QED) is 0.521. The minimum atomic E-state index is -0.0778. The SMILES string of the molecule is COc1cccc(NC(=O)c2ccc3c(c2)[C@@H]2[C@H]4CC[C@@H](C4)[C@@H]2[C@H](c2ccccc2)N3)c1. The zero-order valence-corrected chi connectivity index (χ0v) is 18.3. The third-order valence-electron chi connectivity index (χ3n) is 7.84. The molecule has 2 fully saturated rings. The molecule has 4 heteroatoms. The third kappa shape index (κ3) is 3.17. The number of anilines is 2. The summed E-state index contributed by atoms with van der Waals surface area (Å²) in [6.07, 6.45) is 3.97. The molecule has 2 N–H and O–H groups in total. The molecule has 4 nitrogen and oxygen atoms in total. The van der Waals surface area contributed by atoms with Gasteiger partial charge in [0.2, 0.25) is 0 Å². The van der Waals surface area contributed by atoms with E-state index in [0.29, 0.717) is 23.4 Å². The number of benzene rings is 3. The van der Waals surface area contributed by atoms with Gasteiger partial charge in [0.05, 0.1) is 13.2 Å². The van der Waals surface area contributed by atoms with Gasteiger partial charge in [-0.15, -0.1) is 0 Å². The van der Waals surface area contributed by atoms with Crippen LogP contribution in [0.15, 0.2) is 72.8 Å². The Morgan fingerprint density at radius 1 is 0.969 bits per heavy atom. The Morgan fingerprint density at radius 3 is 2.66 bits per heavy atom. The van der Waals surface area contributed by atoms with Crippen molar-refractivity contribution in [1.82, 2.24) is 0 Å². The van der Waals surface area contributed by atoms with Crippen LogP contribution in [0.2, 0.25) is 0 Å². The van der Waals surface area contributed by atoms with Crippen LogP contribution >= 0.6 is 0 Å². The van der Waals surface area contributed by atoms with E-state index in [-0.39, 0.29) is 5.91 Å². The molecule has 1 heterocycles. The lowest BCUT2D eigenvalue weighted by atomic mass is 9.68. The molecule has 1 amide bonds. The van der Waals surface area contributed by atoms with Gasteiger partial charge in [0, 0.05) is 23.0 Å². The van der Waals surface area contributed by atoms with Crippen molar-refractivity contribution in [2.45, 2.75) is 31.2 Å². The van der Waals surface area contributed by atoms with Gasteiger partial charge in [0.15, 0.2) is 0 Å². The summed E-state index contributed by atoms with van der Waals surface area (Å²) < 4.78 is 5.28. The number of carbonyl (C=O) groups is 1. The maximum absolute atomic E-state index is 13.1. The number of ether oxygens (including phenoxy) is 1. The first kappa shape index (κ1) is 19.4. The number of rotatable bonds is 4. The van der Waals surface area contributed by atoms with Crippen molar-refractivity contribution in [2.24, 2.45) is 17.8 Å². The van der Waals surface area contributed by atoms with Crippen LogP contribution < -0.4 is 15.4 Å². The van der Waals surface area contributed by atoms with Gasteiger partial charge < -0.3 is 15.4 Å². The van der Waals surface area contributed by atoms with Gasteiger partial charge in [-0.3, -0.25) is 4.79 Å². The lowest BCUT2D eigenvalue weighted by molar-refractivity contribution is 0.102. The van der Waals surface area contributed by atoms with Gasteiger partial charge in [0.25, 0.3) is 5.91 Å². The fourth-order valence-corrected chi connectivity index (χ4v) is 6.52. The fourth-order valence-electron chi connectivity index (χ4n) is 6.52. The summed E-state index contributed by atoms with van der Waals surface area (Å²) in [5.74, 6) is 3.28. The second-order valence-electron chi connectivity index (χ2n) is 9.46. The largest absolute Gasteiger partial charge is 0.497 e. The number of hydrogen-bond acceptors (Lipinski definition) is 3. The van der Waals surface area contributed by atoms with E-state index in [0.717, 1.165) is 23.3 Å². The van der Waals surface area contributed by atoms with Crippen LogP contribution in [0.3, 0.4) is 0 Å². The van der Waals surface area contributed by atoms with E-state index in [1.807, 2.05) is 30.3 Å². The van der Waals surface area contributed by atoms with Crippen molar-refractivity contribution in [2.75, 3.05) is 17.7 Å². The molecule has 5 atom stereocenters. The average Bonchev–Trinajstić information content (AvgIpc) is 3.47. The summed E-state index contributed by atoms with van der Waals surface area (Å²) in [6.45, 7) is 0. The first-order chi connectivity index (χ1) is 15.7. The van der Waals surface area contributed by atoms with Gasteiger partial charge in [-0.25, -0.2) is 0 Å². The second kappa shape index (κ2) is 7.70. The molecule has 2 aliphatic carbocycles. The van der Waals surface area contributed by atoms with E-state index in [4.69, 9.17) is 4.74 Å². The zero-order chi connectivity index (χ0) is 21.7. The molecule has 6 rings (SSSR count). The molecule has 162 valence electrons. The van der Waals surface area contributed by atoms with Gasteiger partial charge in [-0.05, 0) is 84.4 Å². The second-order valence-corrected chi connectivity index (χ2v) is 9.46. The molecule has 2 bridgehead atoms. The van der Waals surface area contributed by atoms with Gasteiger partial charge in [-0.1, -0.05) is 36.4 Å². The predicted molar refractivity (Wildman–Crippen MR) is 127 cm³/mol. The smallest absolute Gasteiger partial charge is 0.255 e. The highest BCUT2D eigenvalue weighted by Crippen LogP contribution is 2.63. The Bertz CT molecular complexity index is 1160. The molecule has 1 aliphatic heterocycles. The first-order valence-electron chi connectivity index (χ1n) is 11.6. The van der Waals surface area contributed by atoms with E-state index in [9.17, 15) is 4.79 Å². The molecule has 0 unspecified atom stereocenters. The predicted octanol–water partition coefficient (Wildman–Crippen LogP) is 6.24. The maximum atomic E-state index is 13.1. The molecule has 0 aromatic heterocycles. The summed E-state index contributed by atoms with van der Waals surface area (Å²) in [4.78, 5) is 13.1. The fraction of sp³-hybridized carbons (Fsp3) is 0.321. The van der Waals surface area contributed by atoms with Crippen molar-refractivity contribution in [1.29, 1.82) is 0 Å². The topological polar surface area (TPSA) is 50.4 Å². The normalized spacial score (nSPS) is 27.2. The van der Waals surface area contributed by atoms with Crippen LogP contribution in [0.1, 0.15) is 52.7 Å². The number of amides is 1. The van der Waals surface area contributed by atoms with Crippen LogP contribution in [-0.4, -0.2) is 13.0 Å². The summed E-state index contributed by atoms with van der Waals surface area (Å²) in [5.41, 5.74) is 5.35. The summed E-state index contributed by atoms with van der Waals surface area (Å²) >= 11 is 0. The highest BCUT2D eigenvalue weighted by molar-refractivity contribution is 6.04. The Hall–Kier alpha value is -3.27. The minimum absolute atomic E-state index is 0.0778. The molecular weight excluding hydrogens is 396 g/mol. The number of hydrogen-bond donors (Lipinski definition) is 2. The molecule has 3 aromatic rings. The molecule has 0 saturated heterocycles. The highest BCUT2D eigenvalue weighted by atomic mass is 16.5. The highest BCUT2D eigenvalue weighted by Gasteiger charge is 2.53. The Balaban J connectivity index is 1.33. The number of carbonyl (C=O) groups excluding carboxylic acids is 1. The van der Waals surface area contributed by atoms with Crippen LogP contribution in [0.4, 0.5) is 11.4 Å². The van der Waals surface area contributed by atoms with Crippen LogP contribution in [0.25, 0.3) is 0 Å². The standard InChI is InChI=1S/C28H28N2O2/c1-32-22-9-5-8-21(16-22)29-28(31)20-12-13-24-23(15-20)25-18-10-11-19(14-18)26(25)27(30-24)17-6-3-2-4-7-17/h2-9,12-13,15-16,18-19,25-27,30H,10-11,14H2,1H3,(H,29,31)/t18-,19-,25-,26-,27-/m0/s1. The maximum Gasteiger partial charge on any atom is 0.255 e. The van der Waals surface area contributed by atoms with E-state index < -0.39 is 0 Å². The van der Waals surface area contributed by atoms with Gasteiger partial charge >= 0.3 is 0 Å². The van der Waals surface area contributed by atoms with Crippen molar-refractivity contribution < 1.29 is 9.53 Å². The molecule has 2 saturated carbocycles. The van der Waals surface area contributed by atoms with Crippen molar-refractivity contribution in [3.63, 3.8) is 0 Å². The Labute approximate surface area is 189 Å². The monoisotopic (exact) mass is 424 g/mol. The summed E-state index contributed by atoms with van der Waals surface area (Å²) in [6, 6.07) is 24.9. The number of nitrogens with one attached hydrogen (secondary N) is 2. The van der Waals surface area contributed by atoms with Crippen molar-refractivity contribution >= 4 is 17.3 Å². The Morgan fingerprint density at radius 2 is 1.81 bits per heavy atom. The molecule has 0 radical (unpaired) electrons. The van der Waals surface area contributed by atoms with Crippen molar-refractivity contribution in [3.05, 3.63) is 89.5 Å². The van der Waals surface area contributed by atoms with Crippen LogP contribution in [-0.2, 0) is 0 Å². The van der Waals surface area contributed by atoms with E-state index in [1.54, 1.807) is 7.11 Å². The average molecular weight is 425 g/mol. The van der Waals surface area contributed by atoms with Gasteiger partial charge in [-0.2, -0.15) is 0 Å². The third-order valence-corrected chi connectivity index (χ3v) is 7.84. The van der Waals surface area contributed by atoms with Gasteiger partial charge in [0.1, 0.15) is 5.75 Å². The number of fused-ring (bicyclic) bond motifs is 7. The number of methoxy groups -OCH3 is 1. The van der Waals surface area contributed by atoms with E-state index in [2.05, 4.69) is 53.1 Å². The molecule has 32 heavy (non-hydrogen) atoms. The van der Waals surface area contributed by atoms with E-state index >= 15 is 0 Å². The minimum Gasteiger partial charge on any atom is -0.497 e. The van der Waals surface area contributed by atoms with Crippen LogP contribution in [0.5, 0.6) is 5.75 Å². The molecule has 3 aliphatic rings. The summed E-state index contributed by atoms with van der Waals surface area (Å²) in [7, 11) is 1.63. The van der Waals surface area contributed by atoms with Crippen molar-refractivity contribution in [3.8, 4) is 5.75 Å². The molecule has 0 spiro atoms.